The van der Waals surface area contributed by atoms with Crippen LogP contribution in [0.3, 0.4) is 0 Å². The number of hydrogen-bond donors (Lipinski definition) is 2. The summed E-state index contributed by atoms with van der Waals surface area (Å²) in [5.41, 5.74) is 6.62. The Bertz CT molecular complexity index is 608. The van der Waals surface area contributed by atoms with Gasteiger partial charge in [-0.2, -0.15) is 0 Å². The van der Waals surface area contributed by atoms with Gasteiger partial charge < -0.3 is 11.1 Å². The van der Waals surface area contributed by atoms with E-state index in [1.54, 1.807) is 19.1 Å². The van der Waals surface area contributed by atoms with Gasteiger partial charge in [-0.1, -0.05) is 42.5 Å². The van der Waals surface area contributed by atoms with Crippen LogP contribution in [0.1, 0.15) is 31.0 Å². The van der Waals surface area contributed by atoms with Crippen molar-refractivity contribution in [3.05, 3.63) is 71.5 Å². The van der Waals surface area contributed by atoms with E-state index in [1.165, 1.54) is 12.1 Å². The van der Waals surface area contributed by atoms with Gasteiger partial charge in [0.2, 0.25) is 5.91 Å². The summed E-state index contributed by atoms with van der Waals surface area (Å²) in [5.74, 6) is -0.573. The Morgan fingerprint density at radius 1 is 1.14 bits per heavy atom. The van der Waals surface area contributed by atoms with Crippen LogP contribution in [0, 0.1) is 5.82 Å². The Balaban J connectivity index is 2.12. The Hall–Kier alpha value is -2.20. The van der Waals surface area contributed by atoms with Crippen molar-refractivity contribution < 1.29 is 9.18 Å². The number of rotatable bonds is 4. The number of hydrogen-bond acceptors (Lipinski definition) is 2. The van der Waals surface area contributed by atoms with E-state index in [1.807, 2.05) is 37.3 Å². The van der Waals surface area contributed by atoms with Crippen LogP contribution in [0.5, 0.6) is 0 Å². The summed E-state index contributed by atoms with van der Waals surface area (Å²) >= 11 is 0. The molecule has 2 aromatic carbocycles. The van der Waals surface area contributed by atoms with Crippen molar-refractivity contribution in [3.8, 4) is 0 Å². The van der Waals surface area contributed by atoms with Gasteiger partial charge in [-0.3, -0.25) is 4.79 Å². The molecule has 0 saturated heterocycles. The monoisotopic (exact) mass is 286 g/mol. The predicted octanol–water partition coefficient (Wildman–Crippen LogP) is 2.88. The molecule has 0 radical (unpaired) electrons. The highest BCUT2D eigenvalue weighted by atomic mass is 19.1. The Morgan fingerprint density at radius 2 is 1.71 bits per heavy atom. The molecule has 2 atom stereocenters. The van der Waals surface area contributed by atoms with Crippen molar-refractivity contribution in [3.63, 3.8) is 0 Å². The number of benzene rings is 2. The lowest BCUT2D eigenvalue weighted by molar-refractivity contribution is -0.126. The van der Waals surface area contributed by atoms with Crippen LogP contribution in [-0.2, 0) is 10.3 Å². The fraction of sp³-hybridized carbons (Fsp3) is 0.235. The minimum absolute atomic E-state index is 0.246. The molecule has 2 aromatic rings. The summed E-state index contributed by atoms with van der Waals surface area (Å²) in [5, 5.41) is 2.87. The van der Waals surface area contributed by atoms with Gasteiger partial charge in [0, 0.05) is 0 Å². The van der Waals surface area contributed by atoms with Crippen molar-refractivity contribution in [2.45, 2.75) is 25.4 Å². The van der Waals surface area contributed by atoms with Gasteiger partial charge in [0.05, 0.1) is 6.04 Å². The molecule has 0 aliphatic rings. The van der Waals surface area contributed by atoms with Crippen molar-refractivity contribution >= 4 is 5.91 Å². The van der Waals surface area contributed by atoms with Crippen LogP contribution in [-0.4, -0.2) is 5.91 Å². The first-order valence-electron chi connectivity index (χ1n) is 6.82. The van der Waals surface area contributed by atoms with E-state index in [-0.39, 0.29) is 17.8 Å². The molecule has 21 heavy (non-hydrogen) atoms. The summed E-state index contributed by atoms with van der Waals surface area (Å²) in [6, 6.07) is 15.0. The quantitative estimate of drug-likeness (QED) is 0.908. The van der Waals surface area contributed by atoms with E-state index in [0.717, 1.165) is 11.1 Å². The van der Waals surface area contributed by atoms with E-state index >= 15 is 0 Å². The summed E-state index contributed by atoms with van der Waals surface area (Å²) in [4.78, 5) is 12.4. The maximum absolute atomic E-state index is 12.9. The largest absolute Gasteiger partial charge is 0.348 e. The average molecular weight is 286 g/mol. The van der Waals surface area contributed by atoms with Crippen molar-refractivity contribution in [2.75, 3.05) is 0 Å². The number of nitrogens with two attached hydrogens (primary N) is 1. The van der Waals surface area contributed by atoms with Gasteiger partial charge in [-0.05, 0) is 37.1 Å². The molecule has 1 amide bonds. The first-order valence-corrected chi connectivity index (χ1v) is 6.82. The minimum atomic E-state index is -1.12. The van der Waals surface area contributed by atoms with Crippen LogP contribution in [0.15, 0.2) is 54.6 Å². The minimum Gasteiger partial charge on any atom is -0.348 e. The maximum atomic E-state index is 12.9. The molecule has 0 aliphatic heterocycles. The SMILES string of the molecule is CC(NC(=O)C(C)(N)c1ccccc1)c1ccc(F)cc1. The molecular weight excluding hydrogens is 267 g/mol. The molecule has 0 heterocycles. The second-order valence-electron chi connectivity index (χ2n) is 5.32. The second kappa shape index (κ2) is 6.06. The fourth-order valence-corrected chi connectivity index (χ4v) is 2.10. The van der Waals surface area contributed by atoms with Crippen LogP contribution in [0.25, 0.3) is 0 Å². The molecular formula is C17H19FN2O. The third kappa shape index (κ3) is 3.47. The van der Waals surface area contributed by atoms with E-state index in [0.29, 0.717) is 0 Å². The molecule has 0 fully saturated rings. The molecule has 3 nitrogen and oxygen atoms in total. The van der Waals surface area contributed by atoms with Gasteiger partial charge in [0.25, 0.3) is 0 Å². The lowest BCUT2D eigenvalue weighted by atomic mass is 9.91. The lowest BCUT2D eigenvalue weighted by Crippen LogP contribution is -2.49. The molecule has 2 rings (SSSR count). The molecule has 0 aromatic heterocycles. The Morgan fingerprint density at radius 3 is 2.29 bits per heavy atom. The third-order valence-electron chi connectivity index (χ3n) is 3.56. The number of nitrogens with one attached hydrogen (secondary N) is 1. The Kier molecular flexibility index (Phi) is 4.38. The third-order valence-corrected chi connectivity index (χ3v) is 3.56. The lowest BCUT2D eigenvalue weighted by Gasteiger charge is -2.26. The molecule has 4 heteroatoms. The maximum Gasteiger partial charge on any atom is 0.244 e. The molecule has 3 N–H and O–H groups in total. The van der Waals surface area contributed by atoms with Gasteiger partial charge in [0.15, 0.2) is 0 Å². The molecule has 2 unspecified atom stereocenters. The van der Waals surface area contributed by atoms with Gasteiger partial charge in [-0.25, -0.2) is 4.39 Å². The summed E-state index contributed by atoms with van der Waals surface area (Å²) in [6.07, 6.45) is 0. The standard InChI is InChI=1S/C17H19FN2O/c1-12(13-8-10-15(18)11-9-13)20-16(21)17(2,19)14-6-4-3-5-7-14/h3-12H,19H2,1-2H3,(H,20,21). The van der Waals surface area contributed by atoms with Crippen LogP contribution in [0.4, 0.5) is 4.39 Å². The van der Waals surface area contributed by atoms with Crippen molar-refractivity contribution in [2.24, 2.45) is 5.73 Å². The van der Waals surface area contributed by atoms with E-state index in [2.05, 4.69) is 5.32 Å². The average Bonchev–Trinajstić information content (AvgIpc) is 2.48. The molecule has 0 saturated carbocycles. The smallest absolute Gasteiger partial charge is 0.244 e. The number of halogens is 1. The predicted molar refractivity (Wildman–Crippen MR) is 80.9 cm³/mol. The first-order chi connectivity index (χ1) is 9.91. The first kappa shape index (κ1) is 15.2. The van der Waals surface area contributed by atoms with E-state index < -0.39 is 5.54 Å². The zero-order valence-electron chi connectivity index (χ0n) is 12.1. The van der Waals surface area contributed by atoms with Gasteiger partial charge >= 0.3 is 0 Å². The molecule has 0 aliphatic carbocycles. The Labute approximate surface area is 124 Å². The van der Waals surface area contributed by atoms with E-state index in [9.17, 15) is 9.18 Å². The highest BCUT2D eigenvalue weighted by molar-refractivity contribution is 5.87. The zero-order valence-corrected chi connectivity index (χ0v) is 12.1. The molecule has 0 spiro atoms. The number of amides is 1. The second-order valence-corrected chi connectivity index (χ2v) is 5.32. The summed E-state index contributed by atoms with van der Waals surface area (Å²) < 4.78 is 12.9. The van der Waals surface area contributed by atoms with Crippen molar-refractivity contribution in [1.82, 2.24) is 5.32 Å². The van der Waals surface area contributed by atoms with Gasteiger partial charge in [-0.15, -0.1) is 0 Å². The highest BCUT2D eigenvalue weighted by Crippen LogP contribution is 2.20. The number of carbonyl (C=O) groups is 1. The van der Waals surface area contributed by atoms with Crippen LogP contribution >= 0.6 is 0 Å². The highest BCUT2D eigenvalue weighted by Gasteiger charge is 2.31. The van der Waals surface area contributed by atoms with Crippen LogP contribution in [0.2, 0.25) is 0 Å². The van der Waals surface area contributed by atoms with Crippen LogP contribution < -0.4 is 11.1 Å². The van der Waals surface area contributed by atoms with E-state index in [4.69, 9.17) is 5.73 Å². The summed E-state index contributed by atoms with van der Waals surface area (Å²) in [7, 11) is 0. The normalized spacial score (nSPS) is 15.0. The number of carbonyl (C=O) groups excluding carboxylic acids is 1. The molecule has 0 bridgehead atoms. The zero-order chi connectivity index (χ0) is 15.5. The topological polar surface area (TPSA) is 55.1 Å². The van der Waals surface area contributed by atoms with Gasteiger partial charge in [0.1, 0.15) is 11.4 Å². The van der Waals surface area contributed by atoms with Crippen molar-refractivity contribution in [1.29, 1.82) is 0 Å². The summed E-state index contributed by atoms with van der Waals surface area (Å²) in [6.45, 7) is 3.52. The fourth-order valence-electron chi connectivity index (χ4n) is 2.10. The molecule has 110 valence electrons.